The minimum Gasteiger partial charge on any atom is -0.493 e. The first kappa shape index (κ1) is 16.0. The molecule has 0 aliphatic heterocycles. The Morgan fingerprint density at radius 2 is 1.86 bits per heavy atom. The molecule has 0 heterocycles. The molecule has 116 valence electrons. The van der Waals surface area contributed by atoms with Gasteiger partial charge in [-0.05, 0) is 42.2 Å². The van der Waals surface area contributed by atoms with Crippen molar-refractivity contribution >= 4 is 5.97 Å². The molecule has 0 saturated heterocycles. The number of para-hydroxylation sites is 1. The highest BCUT2D eigenvalue weighted by molar-refractivity contribution is 5.76. The molecule has 0 fully saturated rings. The van der Waals surface area contributed by atoms with Gasteiger partial charge in [-0.15, -0.1) is 0 Å². The maximum atomic E-state index is 12.9. The molecule has 0 aliphatic carbocycles. The van der Waals surface area contributed by atoms with Crippen LogP contribution in [-0.2, 0) is 11.2 Å². The van der Waals surface area contributed by atoms with E-state index in [1.54, 1.807) is 0 Å². The van der Waals surface area contributed by atoms with Crippen molar-refractivity contribution in [2.75, 3.05) is 6.61 Å². The number of halogens is 1. The fourth-order valence-electron chi connectivity index (χ4n) is 2.35. The third kappa shape index (κ3) is 4.07. The van der Waals surface area contributed by atoms with Crippen LogP contribution in [0.3, 0.4) is 0 Å². The van der Waals surface area contributed by atoms with Gasteiger partial charge in [0, 0.05) is 0 Å². The normalized spacial score (nSPS) is 11.9. The highest BCUT2D eigenvalue weighted by Gasteiger charge is 2.20. The van der Waals surface area contributed by atoms with Crippen molar-refractivity contribution in [2.45, 2.75) is 25.7 Å². The van der Waals surface area contributed by atoms with Crippen molar-refractivity contribution in [2.24, 2.45) is 0 Å². The van der Waals surface area contributed by atoms with Gasteiger partial charge in [0.1, 0.15) is 11.6 Å². The van der Waals surface area contributed by atoms with Crippen molar-refractivity contribution in [1.82, 2.24) is 0 Å². The van der Waals surface area contributed by atoms with Crippen LogP contribution in [0, 0.1) is 5.82 Å². The Kier molecular flexibility index (Phi) is 5.53. The van der Waals surface area contributed by atoms with Crippen LogP contribution in [0.2, 0.25) is 0 Å². The molecule has 0 spiro atoms. The average molecular weight is 302 g/mol. The van der Waals surface area contributed by atoms with Crippen LogP contribution in [0.5, 0.6) is 5.75 Å². The van der Waals surface area contributed by atoms with Crippen LogP contribution in [-0.4, -0.2) is 17.7 Å². The van der Waals surface area contributed by atoms with E-state index in [1.165, 1.54) is 24.3 Å². The van der Waals surface area contributed by atoms with Crippen LogP contribution in [0.1, 0.15) is 30.4 Å². The van der Waals surface area contributed by atoms with E-state index in [0.717, 1.165) is 17.7 Å². The lowest BCUT2D eigenvalue weighted by molar-refractivity contribution is -0.139. The first-order chi connectivity index (χ1) is 10.6. The van der Waals surface area contributed by atoms with Crippen LogP contribution in [0.15, 0.2) is 48.5 Å². The largest absolute Gasteiger partial charge is 0.493 e. The fraction of sp³-hybridized carbons (Fsp3) is 0.278. The summed E-state index contributed by atoms with van der Waals surface area (Å²) in [6.45, 7) is 2.34. The molecule has 0 bridgehead atoms. The van der Waals surface area contributed by atoms with Crippen LogP contribution in [0.4, 0.5) is 4.39 Å². The Hall–Kier alpha value is -2.36. The van der Waals surface area contributed by atoms with E-state index in [-0.39, 0.29) is 5.82 Å². The van der Waals surface area contributed by atoms with E-state index in [4.69, 9.17) is 4.74 Å². The number of aliphatic carboxylic acids is 1. The standard InChI is InChI=1S/C18H19FO3/c1-2-13-5-3-4-6-17(13)22-12-11-16(18(20)21)14-7-9-15(19)10-8-14/h3-10,16H,2,11-12H2,1H3,(H,20,21). The third-order valence-corrected chi connectivity index (χ3v) is 3.59. The van der Waals surface area contributed by atoms with Gasteiger partial charge in [0.25, 0.3) is 0 Å². The molecular weight excluding hydrogens is 283 g/mol. The highest BCUT2D eigenvalue weighted by atomic mass is 19.1. The number of rotatable bonds is 7. The van der Waals surface area contributed by atoms with Crippen molar-refractivity contribution in [3.8, 4) is 5.75 Å². The summed E-state index contributed by atoms with van der Waals surface area (Å²) in [7, 11) is 0. The second kappa shape index (κ2) is 7.59. The molecule has 3 nitrogen and oxygen atoms in total. The highest BCUT2D eigenvalue weighted by Crippen LogP contribution is 2.23. The molecule has 0 aromatic heterocycles. The van der Waals surface area contributed by atoms with Crippen LogP contribution in [0.25, 0.3) is 0 Å². The monoisotopic (exact) mass is 302 g/mol. The molecule has 0 aliphatic rings. The zero-order chi connectivity index (χ0) is 15.9. The van der Waals surface area contributed by atoms with Gasteiger partial charge in [0.2, 0.25) is 0 Å². The molecule has 0 amide bonds. The second-order valence-electron chi connectivity index (χ2n) is 5.04. The van der Waals surface area contributed by atoms with Gasteiger partial charge in [-0.1, -0.05) is 37.3 Å². The quantitative estimate of drug-likeness (QED) is 0.840. The number of carboxylic acid groups (broad SMARTS) is 1. The van der Waals surface area contributed by atoms with E-state index in [9.17, 15) is 14.3 Å². The molecular formula is C18H19FO3. The zero-order valence-electron chi connectivity index (χ0n) is 12.5. The number of ether oxygens (including phenoxy) is 1. The lowest BCUT2D eigenvalue weighted by Crippen LogP contribution is -2.15. The SMILES string of the molecule is CCc1ccccc1OCCC(C(=O)O)c1ccc(F)cc1. The molecule has 1 atom stereocenters. The Labute approximate surface area is 129 Å². The maximum Gasteiger partial charge on any atom is 0.311 e. The molecule has 0 radical (unpaired) electrons. The summed E-state index contributed by atoms with van der Waals surface area (Å²) in [5, 5.41) is 9.34. The van der Waals surface area contributed by atoms with Crippen molar-refractivity contribution in [3.05, 3.63) is 65.5 Å². The van der Waals surface area contributed by atoms with Gasteiger partial charge in [0.05, 0.1) is 12.5 Å². The Morgan fingerprint density at radius 3 is 2.50 bits per heavy atom. The van der Waals surface area contributed by atoms with Crippen molar-refractivity contribution < 1.29 is 19.0 Å². The molecule has 0 saturated carbocycles. The molecule has 1 N–H and O–H groups in total. The van der Waals surface area contributed by atoms with E-state index in [0.29, 0.717) is 18.6 Å². The maximum absolute atomic E-state index is 12.9. The Morgan fingerprint density at radius 1 is 1.18 bits per heavy atom. The summed E-state index contributed by atoms with van der Waals surface area (Å²) < 4.78 is 18.7. The lowest BCUT2D eigenvalue weighted by Gasteiger charge is -2.15. The first-order valence-electron chi connectivity index (χ1n) is 7.30. The lowest BCUT2D eigenvalue weighted by atomic mass is 9.96. The molecule has 4 heteroatoms. The summed E-state index contributed by atoms with van der Waals surface area (Å²) >= 11 is 0. The van der Waals surface area contributed by atoms with E-state index in [1.807, 2.05) is 31.2 Å². The third-order valence-electron chi connectivity index (χ3n) is 3.59. The number of carbonyl (C=O) groups is 1. The van der Waals surface area contributed by atoms with Gasteiger partial charge in [-0.3, -0.25) is 4.79 Å². The number of hydrogen-bond acceptors (Lipinski definition) is 2. The van der Waals surface area contributed by atoms with Gasteiger partial charge in [0.15, 0.2) is 0 Å². The number of benzene rings is 2. The summed E-state index contributed by atoms with van der Waals surface area (Å²) in [4.78, 5) is 11.4. The van der Waals surface area contributed by atoms with E-state index >= 15 is 0 Å². The number of aryl methyl sites for hydroxylation is 1. The summed E-state index contributed by atoms with van der Waals surface area (Å²) in [5.41, 5.74) is 1.68. The number of hydrogen-bond donors (Lipinski definition) is 1. The predicted molar refractivity (Wildman–Crippen MR) is 82.7 cm³/mol. The Bertz CT molecular complexity index is 622. The van der Waals surface area contributed by atoms with Gasteiger partial charge < -0.3 is 9.84 Å². The predicted octanol–water partition coefficient (Wildman–Crippen LogP) is 4.03. The molecule has 2 rings (SSSR count). The Balaban J connectivity index is 2.01. The number of carboxylic acids is 1. The zero-order valence-corrected chi connectivity index (χ0v) is 12.5. The van der Waals surface area contributed by atoms with Gasteiger partial charge in [-0.25, -0.2) is 4.39 Å². The summed E-state index contributed by atoms with van der Waals surface area (Å²) in [6, 6.07) is 13.3. The molecule has 1 unspecified atom stereocenters. The first-order valence-corrected chi connectivity index (χ1v) is 7.30. The molecule has 2 aromatic carbocycles. The topological polar surface area (TPSA) is 46.5 Å². The molecule has 2 aromatic rings. The van der Waals surface area contributed by atoms with E-state index in [2.05, 4.69) is 0 Å². The fourth-order valence-corrected chi connectivity index (χ4v) is 2.35. The minimum absolute atomic E-state index is 0.297. The van der Waals surface area contributed by atoms with Gasteiger partial charge >= 0.3 is 5.97 Å². The summed E-state index contributed by atoms with van der Waals surface area (Å²) in [5.74, 6) is -1.22. The smallest absolute Gasteiger partial charge is 0.311 e. The minimum atomic E-state index is -0.931. The van der Waals surface area contributed by atoms with E-state index < -0.39 is 11.9 Å². The van der Waals surface area contributed by atoms with Crippen molar-refractivity contribution in [1.29, 1.82) is 0 Å². The molecule has 22 heavy (non-hydrogen) atoms. The van der Waals surface area contributed by atoms with Crippen molar-refractivity contribution in [3.63, 3.8) is 0 Å². The average Bonchev–Trinajstić information content (AvgIpc) is 2.53. The van der Waals surface area contributed by atoms with Crippen LogP contribution >= 0.6 is 0 Å². The van der Waals surface area contributed by atoms with Crippen LogP contribution < -0.4 is 4.74 Å². The van der Waals surface area contributed by atoms with Gasteiger partial charge in [-0.2, -0.15) is 0 Å². The second-order valence-corrected chi connectivity index (χ2v) is 5.04. The summed E-state index contributed by atoms with van der Waals surface area (Å²) in [6.07, 6.45) is 1.19.